The number of halogens is 2. The Bertz CT molecular complexity index is 826. The molecule has 24 heavy (non-hydrogen) atoms. The van der Waals surface area contributed by atoms with Gasteiger partial charge in [-0.1, -0.05) is 35.9 Å². The number of ether oxygens (including phenoxy) is 2. The maximum absolute atomic E-state index is 12.4. The lowest BCUT2D eigenvalue weighted by molar-refractivity contribution is -0.129. The molecular weight excluding hydrogens is 316 g/mol. The molecule has 3 rings (SSSR count). The van der Waals surface area contributed by atoms with Crippen molar-refractivity contribution in [1.29, 1.82) is 0 Å². The normalized spacial score (nSPS) is 15.6. The maximum atomic E-state index is 12.4. The third-order valence-corrected chi connectivity index (χ3v) is 3.35. The SMILES string of the molecule is Cc1ccc(C2=N/C(=C\c3ccccc3OC(F)F)C(=O)O2)cc1. The van der Waals surface area contributed by atoms with E-state index in [-0.39, 0.29) is 17.3 Å². The minimum atomic E-state index is -2.95. The van der Waals surface area contributed by atoms with Crippen LogP contribution in [0, 0.1) is 6.92 Å². The minimum absolute atomic E-state index is 0.0240. The van der Waals surface area contributed by atoms with Gasteiger partial charge in [-0.3, -0.25) is 0 Å². The summed E-state index contributed by atoms with van der Waals surface area (Å²) in [6.45, 7) is -1.01. The standard InChI is InChI=1S/C18H13F2NO3/c1-11-6-8-12(9-7-11)16-21-14(17(22)24-16)10-13-4-2-3-5-15(13)23-18(19)20/h2-10,18H,1H3/b14-10-. The van der Waals surface area contributed by atoms with Crippen LogP contribution in [0.5, 0.6) is 5.75 Å². The molecule has 0 unspecified atom stereocenters. The van der Waals surface area contributed by atoms with E-state index in [1.165, 1.54) is 12.1 Å². The van der Waals surface area contributed by atoms with Crippen molar-refractivity contribution >= 4 is 17.9 Å². The molecule has 0 N–H and O–H groups in total. The number of aryl methyl sites for hydroxylation is 1. The molecule has 2 aromatic carbocycles. The van der Waals surface area contributed by atoms with Crippen molar-refractivity contribution in [3.8, 4) is 5.75 Å². The monoisotopic (exact) mass is 329 g/mol. The predicted molar refractivity (Wildman–Crippen MR) is 84.9 cm³/mol. The predicted octanol–water partition coefficient (Wildman–Crippen LogP) is 3.94. The van der Waals surface area contributed by atoms with Gasteiger partial charge in [0.25, 0.3) is 0 Å². The first-order valence-electron chi connectivity index (χ1n) is 7.16. The number of alkyl halides is 2. The van der Waals surface area contributed by atoms with Crippen LogP contribution in [0.2, 0.25) is 0 Å². The summed E-state index contributed by atoms with van der Waals surface area (Å²) in [6.07, 6.45) is 1.36. The molecule has 0 bridgehead atoms. The van der Waals surface area contributed by atoms with Crippen LogP contribution in [-0.4, -0.2) is 18.5 Å². The van der Waals surface area contributed by atoms with Crippen molar-refractivity contribution < 1.29 is 23.0 Å². The third kappa shape index (κ3) is 3.48. The summed E-state index contributed by atoms with van der Waals surface area (Å²) >= 11 is 0. The number of hydrogen-bond acceptors (Lipinski definition) is 4. The molecule has 1 aliphatic rings. The van der Waals surface area contributed by atoms with E-state index in [0.717, 1.165) is 5.56 Å². The first-order chi connectivity index (χ1) is 11.5. The largest absolute Gasteiger partial charge is 0.434 e. The Hall–Kier alpha value is -3.02. The van der Waals surface area contributed by atoms with Crippen molar-refractivity contribution in [3.63, 3.8) is 0 Å². The number of cyclic esters (lactones) is 1. The summed E-state index contributed by atoms with van der Waals surface area (Å²) in [5, 5.41) is 0. The molecule has 0 radical (unpaired) electrons. The van der Waals surface area contributed by atoms with E-state index in [1.54, 1.807) is 30.3 Å². The number of hydrogen-bond donors (Lipinski definition) is 0. The average Bonchev–Trinajstić information content (AvgIpc) is 2.90. The topological polar surface area (TPSA) is 47.9 Å². The van der Waals surface area contributed by atoms with E-state index in [2.05, 4.69) is 9.73 Å². The highest BCUT2D eigenvalue weighted by Gasteiger charge is 2.24. The summed E-state index contributed by atoms with van der Waals surface area (Å²) in [5.41, 5.74) is 2.07. The van der Waals surface area contributed by atoms with E-state index in [9.17, 15) is 13.6 Å². The maximum Gasteiger partial charge on any atom is 0.387 e. The van der Waals surface area contributed by atoms with Crippen molar-refractivity contribution in [2.45, 2.75) is 13.5 Å². The van der Waals surface area contributed by atoms with Crippen molar-refractivity contribution in [1.82, 2.24) is 0 Å². The first-order valence-corrected chi connectivity index (χ1v) is 7.16. The van der Waals surface area contributed by atoms with Gasteiger partial charge in [0.05, 0.1) is 0 Å². The van der Waals surface area contributed by atoms with Crippen LogP contribution in [0.1, 0.15) is 16.7 Å². The summed E-state index contributed by atoms with van der Waals surface area (Å²) in [7, 11) is 0. The molecule has 4 nitrogen and oxygen atoms in total. The molecule has 0 saturated heterocycles. The van der Waals surface area contributed by atoms with E-state index in [4.69, 9.17) is 4.74 Å². The van der Waals surface area contributed by atoms with Crippen LogP contribution in [-0.2, 0) is 9.53 Å². The first kappa shape index (κ1) is 15.9. The van der Waals surface area contributed by atoms with E-state index < -0.39 is 12.6 Å². The molecule has 0 fully saturated rings. The van der Waals surface area contributed by atoms with Crippen molar-refractivity contribution in [2.24, 2.45) is 4.99 Å². The highest BCUT2D eigenvalue weighted by atomic mass is 19.3. The molecule has 1 aliphatic heterocycles. The van der Waals surface area contributed by atoms with Crippen LogP contribution in [0.4, 0.5) is 8.78 Å². The summed E-state index contributed by atoms with van der Waals surface area (Å²) < 4.78 is 34.5. The second kappa shape index (κ2) is 6.62. The number of nitrogens with zero attached hydrogens (tertiary/aromatic N) is 1. The molecule has 0 amide bonds. The Labute approximate surface area is 137 Å². The molecule has 0 spiro atoms. The molecular formula is C18H13F2NO3. The second-order valence-corrected chi connectivity index (χ2v) is 5.12. The van der Waals surface area contributed by atoms with Crippen molar-refractivity contribution in [3.05, 3.63) is 70.9 Å². The molecule has 6 heteroatoms. The number of benzene rings is 2. The summed E-state index contributed by atoms with van der Waals surface area (Å²) in [4.78, 5) is 16.1. The van der Waals surface area contributed by atoms with Crippen LogP contribution < -0.4 is 4.74 Å². The number of carbonyl (C=O) groups excluding carboxylic acids is 1. The smallest absolute Gasteiger partial charge is 0.387 e. The van der Waals surface area contributed by atoms with Crippen LogP contribution in [0.25, 0.3) is 6.08 Å². The molecule has 1 heterocycles. The molecule has 0 aliphatic carbocycles. The quantitative estimate of drug-likeness (QED) is 0.630. The zero-order valence-corrected chi connectivity index (χ0v) is 12.7. The molecule has 122 valence electrons. The van der Waals surface area contributed by atoms with E-state index in [0.29, 0.717) is 11.1 Å². The number of rotatable bonds is 4. The fraction of sp³-hybridized carbons (Fsp3) is 0.111. The van der Waals surface area contributed by atoms with Gasteiger partial charge in [0.1, 0.15) is 5.75 Å². The van der Waals surface area contributed by atoms with E-state index >= 15 is 0 Å². The van der Waals surface area contributed by atoms with Crippen LogP contribution >= 0.6 is 0 Å². The Kier molecular flexibility index (Phi) is 4.37. The van der Waals surface area contributed by atoms with Gasteiger partial charge in [-0.2, -0.15) is 8.78 Å². The Morgan fingerprint density at radius 1 is 1.12 bits per heavy atom. The van der Waals surface area contributed by atoms with Gasteiger partial charge in [-0.25, -0.2) is 9.79 Å². The zero-order chi connectivity index (χ0) is 17.1. The van der Waals surface area contributed by atoms with Gasteiger partial charge in [0, 0.05) is 11.1 Å². The van der Waals surface area contributed by atoms with Gasteiger partial charge < -0.3 is 9.47 Å². The highest BCUT2D eigenvalue weighted by Crippen LogP contribution is 2.25. The number of carbonyl (C=O) groups is 1. The second-order valence-electron chi connectivity index (χ2n) is 5.12. The van der Waals surface area contributed by atoms with Gasteiger partial charge in [-0.05, 0) is 31.2 Å². The number of aliphatic imine (C=N–C) groups is 1. The Morgan fingerprint density at radius 3 is 2.54 bits per heavy atom. The molecule has 0 aromatic heterocycles. The fourth-order valence-electron chi connectivity index (χ4n) is 2.18. The lowest BCUT2D eigenvalue weighted by atomic mass is 10.1. The van der Waals surface area contributed by atoms with Crippen LogP contribution in [0.3, 0.4) is 0 Å². The van der Waals surface area contributed by atoms with Gasteiger partial charge in [0.2, 0.25) is 5.90 Å². The fourth-order valence-corrected chi connectivity index (χ4v) is 2.18. The van der Waals surface area contributed by atoms with Gasteiger partial charge >= 0.3 is 12.6 Å². The minimum Gasteiger partial charge on any atom is -0.434 e. The number of esters is 1. The Morgan fingerprint density at radius 2 is 1.83 bits per heavy atom. The van der Waals surface area contributed by atoms with Gasteiger partial charge in [0.15, 0.2) is 5.70 Å². The summed E-state index contributed by atoms with van der Waals surface area (Å²) in [5.74, 6) is -0.497. The highest BCUT2D eigenvalue weighted by molar-refractivity contribution is 6.12. The molecule has 2 aromatic rings. The third-order valence-electron chi connectivity index (χ3n) is 3.35. The summed E-state index contributed by atoms with van der Waals surface area (Å²) in [6, 6.07) is 13.5. The van der Waals surface area contributed by atoms with E-state index in [1.807, 2.05) is 19.1 Å². The van der Waals surface area contributed by atoms with Crippen LogP contribution in [0.15, 0.2) is 59.2 Å². The molecule has 0 atom stereocenters. The lowest BCUT2D eigenvalue weighted by Gasteiger charge is -2.07. The Balaban J connectivity index is 1.93. The zero-order valence-electron chi connectivity index (χ0n) is 12.7. The van der Waals surface area contributed by atoms with Crippen molar-refractivity contribution in [2.75, 3.05) is 0 Å². The number of para-hydroxylation sites is 1. The lowest BCUT2D eigenvalue weighted by Crippen LogP contribution is -2.05. The van der Waals surface area contributed by atoms with Gasteiger partial charge in [-0.15, -0.1) is 0 Å². The average molecular weight is 329 g/mol. The molecule has 0 saturated carbocycles.